The minimum Gasteiger partial charge on any atom is -0.457 e. The van der Waals surface area contributed by atoms with Gasteiger partial charge in [0.1, 0.15) is 11.5 Å². The van der Waals surface area contributed by atoms with Crippen LogP contribution in [-0.2, 0) is 18.2 Å². The number of imide groups is 1. The van der Waals surface area contributed by atoms with Crippen LogP contribution in [0.15, 0.2) is 102 Å². The lowest BCUT2D eigenvalue weighted by Gasteiger charge is -2.55. The van der Waals surface area contributed by atoms with Crippen LogP contribution in [0.25, 0.3) is 0 Å². The first-order valence-corrected chi connectivity index (χ1v) is 14.2. The minimum absolute atomic E-state index is 0.207. The van der Waals surface area contributed by atoms with Gasteiger partial charge in [-0.3, -0.25) is 9.59 Å². The van der Waals surface area contributed by atoms with Gasteiger partial charge in [-0.2, -0.15) is 0 Å². The Morgan fingerprint density at radius 1 is 0.595 bits per heavy atom. The average molecular weight is 680 g/mol. The maximum atomic E-state index is 14.1. The summed E-state index contributed by atoms with van der Waals surface area (Å²) in [5.74, 6) is -0.283. The Labute approximate surface area is 239 Å². The van der Waals surface area contributed by atoms with Gasteiger partial charge in [0.25, 0.3) is 0 Å². The fraction of sp³-hybridized carbons (Fsp3) is 0.133. The van der Waals surface area contributed by atoms with E-state index >= 15 is 0 Å². The molecule has 4 aromatic carbocycles. The maximum absolute atomic E-state index is 14.1. The van der Waals surface area contributed by atoms with Crippen LogP contribution in [-0.4, -0.2) is 11.8 Å². The molecular weight excluding hydrogens is 662 g/mol. The van der Waals surface area contributed by atoms with Gasteiger partial charge in [0, 0.05) is 4.47 Å². The molecule has 2 amide bonds. The fourth-order valence-electron chi connectivity index (χ4n) is 6.22. The zero-order chi connectivity index (χ0) is 25.5. The second kappa shape index (κ2) is 8.13. The number of benzene rings is 4. The van der Waals surface area contributed by atoms with Gasteiger partial charge in [-0.25, -0.2) is 4.90 Å². The van der Waals surface area contributed by atoms with E-state index in [1.165, 1.54) is 4.90 Å². The molecule has 0 unspecified atom stereocenters. The van der Waals surface area contributed by atoms with E-state index in [1.54, 1.807) is 24.3 Å². The SMILES string of the molecule is O=C1[C@@H]2[C@@H](C(=O)N1c1ccc(Oc3ccc(Br)cc3)cc1)C1(Br)c3ccccc3C2(Br)c2ccccc21. The number of rotatable bonds is 3. The number of carbonyl (C=O) groups excluding carboxylic acids is 2. The molecule has 0 aromatic heterocycles. The summed E-state index contributed by atoms with van der Waals surface area (Å²) >= 11 is 11.5. The summed E-state index contributed by atoms with van der Waals surface area (Å²) in [6, 6.07) is 30.8. The Kier molecular flexibility index (Phi) is 5.14. The number of anilines is 1. The van der Waals surface area contributed by atoms with Crippen molar-refractivity contribution in [2.75, 3.05) is 4.90 Å². The molecule has 0 spiro atoms. The molecule has 2 atom stereocenters. The molecular formula is C30H18Br3NO3. The van der Waals surface area contributed by atoms with Crippen LogP contribution in [0, 0.1) is 11.8 Å². The first-order chi connectivity index (χ1) is 17.8. The number of hydrogen-bond donors (Lipinski definition) is 0. The van der Waals surface area contributed by atoms with Gasteiger partial charge in [0.15, 0.2) is 0 Å². The third-order valence-electron chi connectivity index (χ3n) is 7.73. The normalized spacial score (nSPS) is 27.1. The third-order valence-corrected chi connectivity index (χ3v) is 11.0. The van der Waals surface area contributed by atoms with Crippen LogP contribution in [0.1, 0.15) is 22.3 Å². The van der Waals surface area contributed by atoms with Gasteiger partial charge < -0.3 is 4.74 Å². The van der Waals surface area contributed by atoms with Crippen molar-refractivity contribution in [3.8, 4) is 11.5 Å². The Morgan fingerprint density at radius 3 is 1.38 bits per heavy atom. The number of hydrogen-bond acceptors (Lipinski definition) is 3. The van der Waals surface area contributed by atoms with Crippen molar-refractivity contribution in [3.05, 3.63) is 124 Å². The fourth-order valence-corrected chi connectivity index (χ4v) is 8.79. The average Bonchev–Trinajstić information content (AvgIpc) is 3.20. The Balaban J connectivity index is 1.31. The molecule has 1 aliphatic heterocycles. The highest BCUT2D eigenvalue weighted by Gasteiger charge is 2.72. The lowest BCUT2D eigenvalue weighted by atomic mass is 9.54. The van der Waals surface area contributed by atoms with Crippen LogP contribution in [0.3, 0.4) is 0 Å². The van der Waals surface area contributed by atoms with Gasteiger partial charge >= 0.3 is 0 Å². The van der Waals surface area contributed by atoms with Crippen LogP contribution in [0.2, 0.25) is 0 Å². The van der Waals surface area contributed by atoms with Crippen molar-refractivity contribution in [3.63, 3.8) is 0 Å². The summed E-state index contributed by atoms with van der Waals surface area (Å²) in [6.45, 7) is 0. The first-order valence-electron chi connectivity index (χ1n) is 11.8. The molecule has 8 rings (SSSR count). The topological polar surface area (TPSA) is 46.6 Å². The zero-order valence-corrected chi connectivity index (χ0v) is 24.0. The highest BCUT2D eigenvalue weighted by molar-refractivity contribution is 9.10. The molecule has 4 nitrogen and oxygen atoms in total. The summed E-state index contributed by atoms with van der Waals surface area (Å²) in [5, 5.41) is 0. The number of alkyl halides is 2. The van der Waals surface area contributed by atoms with Crippen LogP contribution in [0.5, 0.6) is 11.5 Å². The first kappa shape index (κ1) is 23.4. The number of amides is 2. The Bertz CT molecular complexity index is 1480. The molecule has 4 aromatic rings. The van der Waals surface area contributed by atoms with E-state index in [-0.39, 0.29) is 11.8 Å². The monoisotopic (exact) mass is 677 g/mol. The van der Waals surface area contributed by atoms with Crippen molar-refractivity contribution in [1.82, 2.24) is 0 Å². The maximum Gasteiger partial charge on any atom is 0.239 e. The number of halogens is 3. The molecule has 7 heteroatoms. The molecule has 2 bridgehead atoms. The van der Waals surface area contributed by atoms with Gasteiger partial charge in [0.05, 0.1) is 26.2 Å². The molecule has 0 radical (unpaired) electrons. The smallest absolute Gasteiger partial charge is 0.239 e. The van der Waals surface area contributed by atoms with Crippen molar-refractivity contribution < 1.29 is 14.3 Å². The highest BCUT2D eigenvalue weighted by atomic mass is 79.9. The summed E-state index contributed by atoms with van der Waals surface area (Å²) in [7, 11) is 0. The van der Waals surface area contributed by atoms with Gasteiger partial charge in [-0.15, -0.1) is 0 Å². The summed E-state index contributed by atoms with van der Waals surface area (Å²) in [6.07, 6.45) is 0. The van der Waals surface area contributed by atoms with Crippen molar-refractivity contribution in [1.29, 1.82) is 0 Å². The quantitative estimate of drug-likeness (QED) is 0.165. The minimum atomic E-state index is -0.799. The Hall–Kier alpha value is -2.74. The molecule has 0 saturated carbocycles. The van der Waals surface area contributed by atoms with Crippen molar-refractivity contribution in [2.45, 2.75) is 8.65 Å². The Morgan fingerprint density at radius 2 is 0.973 bits per heavy atom. The number of ether oxygens (including phenoxy) is 1. The summed E-state index contributed by atoms with van der Waals surface area (Å²) in [4.78, 5) is 29.6. The van der Waals surface area contributed by atoms with Crippen LogP contribution in [0.4, 0.5) is 5.69 Å². The lowest BCUT2D eigenvalue weighted by molar-refractivity contribution is -0.122. The molecule has 3 aliphatic carbocycles. The standard InChI is InChI=1S/C30H18Br3NO3/c31-17-9-13-19(14-10-17)37-20-15-11-18(12-16-20)34-27(35)25-26(28(34)36)30(33)22-6-2-1-5-21(22)29(25,32)23-7-3-4-8-24(23)30/h1-16,25-26H/t25-,26-,29?,30?/m0/s1. The summed E-state index contributed by atoms with van der Waals surface area (Å²) < 4.78 is 5.31. The molecule has 0 N–H and O–H groups in total. The van der Waals surface area contributed by atoms with E-state index in [0.29, 0.717) is 17.2 Å². The highest BCUT2D eigenvalue weighted by Crippen LogP contribution is 2.70. The number of nitrogens with zero attached hydrogens (tertiary/aromatic N) is 1. The van der Waals surface area contributed by atoms with Gasteiger partial charge in [-0.1, -0.05) is 96.3 Å². The van der Waals surface area contributed by atoms with E-state index in [1.807, 2.05) is 48.5 Å². The summed E-state index contributed by atoms with van der Waals surface area (Å²) in [5.41, 5.74) is 4.62. The largest absolute Gasteiger partial charge is 0.457 e. The van der Waals surface area contributed by atoms with Gasteiger partial charge in [-0.05, 0) is 70.8 Å². The molecule has 4 aliphatic rings. The lowest BCUT2D eigenvalue weighted by Crippen LogP contribution is -2.56. The predicted molar refractivity (Wildman–Crippen MR) is 152 cm³/mol. The molecule has 1 heterocycles. The van der Waals surface area contributed by atoms with E-state index in [4.69, 9.17) is 4.74 Å². The second-order valence-electron chi connectivity index (χ2n) is 9.53. The second-order valence-corrected chi connectivity index (χ2v) is 12.9. The molecule has 182 valence electrons. The number of carbonyl (C=O) groups is 2. The molecule has 37 heavy (non-hydrogen) atoms. The molecule has 1 saturated heterocycles. The van der Waals surface area contributed by atoms with Crippen LogP contribution >= 0.6 is 47.8 Å². The van der Waals surface area contributed by atoms with E-state index in [9.17, 15) is 9.59 Å². The van der Waals surface area contributed by atoms with Crippen molar-refractivity contribution >= 4 is 65.3 Å². The predicted octanol–water partition coefficient (Wildman–Crippen LogP) is 7.65. The van der Waals surface area contributed by atoms with Gasteiger partial charge in [0.2, 0.25) is 11.8 Å². The van der Waals surface area contributed by atoms with E-state index < -0.39 is 20.5 Å². The third kappa shape index (κ3) is 3.05. The molecule has 1 fully saturated rings. The zero-order valence-electron chi connectivity index (χ0n) is 19.2. The van der Waals surface area contributed by atoms with Crippen LogP contribution < -0.4 is 9.64 Å². The van der Waals surface area contributed by atoms with E-state index in [0.717, 1.165) is 26.7 Å². The van der Waals surface area contributed by atoms with Crippen molar-refractivity contribution in [2.24, 2.45) is 11.8 Å². The van der Waals surface area contributed by atoms with E-state index in [2.05, 4.69) is 72.1 Å².